The Labute approximate surface area is 177 Å². The summed E-state index contributed by atoms with van der Waals surface area (Å²) in [6.07, 6.45) is 14.6. The average molecular weight is 395 g/mol. The highest BCUT2D eigenvalue weighted by molar-refractivity contribution is 5.83. The van der Waals surface area contributed by atoms with Gasteiger partial charge in [0.15, 0.2) is 0 Å². The van der Waals surface area contributed by atoms with E-state index in [2.05, 4.69) is 47.7 Å². The smallest absolute Gasteiger partial charge is 0.119 e. The Bertz CT molecular complexity index is 772. The largest absolute Gasteiger partial charge is 0.497 e. The predicted octanol–water partition coefficient (Wildman–Crippen LogP) is 6.27. The minimum atomic E-state index is 0.613. The lowest BCUT2D eigenvalue weighted by Crippen LogP contribution is -2.40. The lowest BCUT2D eigenvalue weighted by atomic mass is 9.81. The van der Waals surface area contributed by atoms with Crippen LogP contribution in [0.2, 0.25) is 0 Å². The lowest BCUT2D eigenvalue weighted by molar-refractivity contribution is 0.137. The number of piperidine rings is 1. The van der Waals surface area contributed by atoms with Gasteiger partial charge < -0.3 is 9.64 Å². The summed E-state index contributed by atoms with van der Waals surface area (Å²) in [5.41, 5.74) is 2.44. The third kappa shape index (κ3) is 6.05. The van der Waals surface area contributed by atoms with Crippen molar-refractivity contribution in [3.8, 4) is 5.75 Å². The highest BCUT2D eigenvalue weighted by Gasteiger charge is 2.26. The first-order valence-electron chi connectivity index (χ1n) is 11.5. The molecule has 3 rings (SSSR count). The fraction of sp³-hybridized carbons (Fsp3) is 0.577. The van der Waals surface area contributed by atoms with Crippen molar-refractivity contribution in [1.82, 2.24) is 9.88 Å². The lowest BCUT2D eigenvalue weighted by Gasteiger charge is -2.37. The molecule has 0 saturated carbocycles. The normalized spacial score (nSPS) is 20.1. The maximum atomic E-state index is 5.43. The van der Waals surface area contributed by atoms with Gasteiger partial charge in [-0.25, -0.2) is 0 Å². The Morgan fingerprint density at radius 2 is 2.07 bits per heavy atom. The van der Waals surface area contributed by atoms with Crippen LogP contribution in [-0.2, 0) is 6.42 Å². The predicted molar refractivity (Wildman–Crippen MR) is 124 cm³/mol. The molecule has 2 heterocycles. The van der Waals surface area contributed by atoms with Crippen LogP contribution in [0.5, 0.6) is 5.75 Å². The van der Waals surface area contributed by atoms with Crippen LogP contribution in [0.4, 0.5) is 0 Å². The van der Waals surface area contributed by atoms with Crippen molar-refractivity contribution >= 4 is 10.9 Å². The third-order valence-electron chi connectivity index (χ3n) is 6.59. The molecule has 1 aliphatic heterocycles. The van der Waals surface area contributed by atoms with Gasteiger partial charge in [0.1, 0.15) is 5.75 Å². The number of likely N-dealkylation sites (tertiary alicyclic amines) is 1. The summed E-state index contributed by atoms with van der Waals surface area (Å²) < 4.78 is 5.43. The second kappa shape index (κ2) is 11.3. The van der Waals surface area contributed by atoms with E-state index in [0.717, 1.165) is 23.6 Å². The number of hydrogen-bond donors (Lipinski definition) is 0. The quantitative estimate of drug-likeness (QED) is 0.332. The van der Waals surface area contributed by atoms with E-state index in [1.807, 2.05) is 12.3 Å². The molecule has 1 saturated heterocycles. The Kier molecular flexibility index (Phi) is 8.54. The molecule has 1 aliphatic rings. The van der Waals surface area contributed by atoms with E-state index in [-0.39, 0.29) is 0 Å². The number of ether oxygens (including phenoxy) is 1. The summed E-state index contributed by atoms with van der Waals surface area (Å²) >= 11 is 0. The van der Waals surface area contributed by atoms with E-state index >= 15 is 0 Å². The average Bonchev–Trinajstić information content (AvgIpc) is 2.77. The van der Waals surface area contributed by atoms with Gasteiger partial charge in [0, 0.05) is 18.1 Å². The fourth-order valence-corrected chi connectivity index (χ4v) is 4.74. The molecule has 2 atom stereocenters. The second-order valence-electron chi connectivity index (χ2n) is 8.55. The topological polar surface area (TPSA) is 25.4 Å². The number of fused-ring (bicyclic) bond motifs is 1. The first-order valence-corrected chi connectivity index (χ1v) is 11.5. The molecule has 0 bridgehead atoms. The standard InChI is InChI=1S/C26H38N2O/c1-4-6-7-8-9-17-28-18-15-22(21(5-2)20-28)10-11-23-14-16-27-26-13-12-24(29-3)19-25(23)26/h5,12-14,16,19,21-22H,2,4,6-11,15,17-18,20H2,1,3H3/t21-,22-/m1/s1. The number of methoxy groups -OCH3 is 1. The molecule has 0 N–H and O–H groups in total. The number of pyridine rings is 1. The number of unbranched alkanes of at least 4 members (excludes halogenated alkanes) is 4. The Balaban J connectivity index is 1.54. The van der Waals surface area contributed by atoms with Crippen molar-refractivity contribution in [2.24, 2.45) is 11.8 Å². The van der Waals surface area contributed by atoms with E-state index in [1.165, 1.54) is 75.5 Å². The van der Waals surface area contributed by atoms with Crippen molar-refractivity contribution in [1.29, 1.82) is 0 Å². The fourth-order valence-electron chi connectivity index (χ4n) is 4.74. The van der Waals surface area contributed by atoms with Gasteiger partial charge in [0.25, 0.3) is 0 Å². The van der Waals surface area contributed by atoms with E-state index in [1.54, 1.807) is 7.11 Å². The van der Waals surface area contributed by atoms with Crippen LogP contribution in [0.3, 0.4) is 0 Å². The first kappa shape index (κ1) is 21.8. The Hall–Kier alpha value is -1.87. The molecule has 0 amide bonds. The summed E-state index contributed by atoms with van der Waals surface area (Å²) in [6.45, 7) is 10.1. The SMILES string of the molecule is C=C[C@@H]1CN(CCCCCCC)CC[C@H]1CCc1ccnc2ccc(OC)cc12. The van der Waals surface area contributed by atoms with Crippen LogP contribution in [0.15, 0.2) is 43.1 Å². The molecule has 0 aliphatic carbocycles. The van der Waals surface area contributed by atoms with Crippen LogP contribution in [-0.4, -0.2) is 36.6 Å². The van der Waals surface area contributed by atoms with E-state index < -0.39 is 0 Å². The summed E-state index contributed by atoms with van der Waals surface area (Å²) in [5.74, 6) is 2.25. The third-order valence-corrected chi connectivity index (χ3v) is 6.59. The summed E-state index contributed by atoms with van der Waals surface area (Å²) in [5, 5.41) is 1.23. The highest BCUT2D eigenvalue weighted by atomic mass is 16.5. The van der Waals surface area contributed by atoms with Gasteiger partial charge in [-0.15, -0.1) is 6.58 Å². The van der Waals surface area contributed by atoms with Gasteiger partial charge in [0.2, 0.25) is 0 Å². The van der Waals surface area contributed by atoms with Gasteiger partial charge in [-0.1, -0.05) is 38.7 Å². The van der Waals surface area contributed by atoms with Gasteiger partial charge in [-0.3, -0.25) is 4.98 Å². The maximum absolute atomic E-state index is 5.43. The monoisotopic (exact) mass is 394 g/mol. The first-order chi connectivity index (χ1) is 14.2. The van der Waals surface area contributed by atoms with Crippen molar-refractivity contribution in [3.05, 3.63) is 48.7 Å². The zero-order valence-electron chi connectivity index (χ0n) is 18.4. The van der Waals surface area contributed by atoms with E-state index in [4.69, 9.17) is 4.74 Å². The Morgan fingerprint density at radius 3 is 2.86 bits per heavy atom. The van der Waals surface area contributed by atoms with Gasteiger partial charge in [0.05, 0.1) is 12.6 Å². The van der Waals surface area contributed by atoms with Crippen molar-refractivity contribution in [2.45, 2.75) is 58.3 Å². The molecular formula is C26H38N2O. The molecule has 158 valence electrons. The van der Waals surface area contributed by atoms with Gasteiger partial charge >= 0.3 is 0 Å². The molecule has 1 fully saturated rings. The molecular weight excluding hydrogens is 356 g/mol. The van der Waals surface area contributed by atoms with Crippen LogP contribution in [0.1, 0.15) is 57.4 Å². The molecule has 1 aromatic carbocycles. The van der Waals surface area contributed by atoms with Crippen molar-refractivity contribution < 1.29 is 4.74 Å². The summed E-state index contributed by atoms with van der Waals surface area (Å²) in [7, 11) is 1.73. The zero-order valence-corrected chi connectivity index (χ0v) is 18.4. The van der Waals surface area contributed by atoms with E-state index in [9.17, 15) is 0 Å². The van der Waals surface area contributed by atoms with Crippen LogP contribution in [0.25, 0.3) is 10.9 Å². The molecule has 0 spiro atoms. The zero-order chi connectivity index (χ0) is 20.5. The van der Waals surface area contributed by atoms with Gasteiger partial charge in [-0.2, -0.15) is 0 Å². The molecule has 1 aromatic heterocycles. The molecule has 3 heteroatoms. The number of aromatic nitrogens is 1. The van der Waals surface area contributed by atoms with Crippen LogP contribution in [0, 0.1) is 11.8 Å². The summed E-state index contributed by atoms with van der Waals surface area (Å²) in [4.78, 5) is 7.19. The minimum absolute atomic E-state index is 0.613. The number of hydrogen-bond acceptors (Lipinski definition) is 3. The number of benzene rings is 1. The van der Waals surface area contributed by atoms with Crippen molar-refractivity contribution in [2.75, 3.05) is 26.7 Å². The molecule has 3 nitrogen and oxygen atoms in total. The highest BCUT2D eigenvalue weighted by Crippen LogP contribution is 2.31. The minimum Gasteiger partial charge on any atom is -0.497 e. The van der Waals surface area contributed by atoms with Gasteiger partial charge in [-0.05, 0) is 80.4 Å². The van der Waals surface area contributed by atoms with Crippen LogP contribution < -0.4 is 4.74 Å². The molecule has 2 aromatic rings. The van der Waals surface area contributed by atoms with E-state index in [0.29, 0.717) is 5.92 Å². The Morgan fingerprint density at radius 1 is 1.21 bits per heavy atom. The number of nitrogens with zero attached hydrogens (tertiary/aromatic N) is 2. The molecule has 29 heavy (non-hydrogen) atoms. The summed E-state index contributed by atoms with van der Waals surface area (Å²) in [6, 6.07) is 8.36. The van der Waals surface area contributed by atoms with Crippen molar-refractivity contribution in [3.63, 3.8) is 0 Å². The molecule has 0 unspecified atom stereocenters. The van der Waals surface area contributed by atoms with Crippen LogP contribution >= 0.6 is 0 Å². The number of rotatable bonds is 11. The second-order valence-corrected chi connectivity index (χ2v) is 8.55. The molecule has 0 radical (unpaired) electrons. The maximum Gasteiger partial charge on any atom is 0.119 e. The number of aryl methyl sites for hydroxylation is 1.